The van der Waals surface area contributed by atoms with Crippen molar-refractivity contribution in [3.05, 3.63) is 46.1 Å². The predicted molar refractivity (Wildman–Crippen MR) is 69.2 cm³/mol. The second-order valence-corrected chi connectivity index (χ2v) is 4.69. The van der Waals surface area contributed by atoms with Gasteiger partial charge in [-0.25, -0.2) is 14.4 Å². The molecule has 0 amide bonds. The molecular formula is C13H9BrFN3. The van der Waals surface area contributed by atoms with Crippen LogP contribution in [0.25, 0.3) is 11.3 Å². The first-order valence-corrected chi connectivity index (χ1v) is 6.06. The lowest BCUT2D eigenvalue weighted by molar-refractivity contribution is 0.630. The number of benzene rings is 1. The molecule has 0 bridgehead atoms. The topological polar surface area (TPSA) is 49.6 Å². The number of rotatable bonds is 2. The highest BCUT2D eigenvalue weighted by molar-refractivity contribution is 9.10. The molecule has 0 unspecified atom stereocenters. The van der Waals surface area contributed by atoms with Crippen molar-refractivity contribution in [1.29, 1.82) is 5.26 Å². The molecule has 1 heterocycles. The highest BCUT2D eigenvalue weighted by atomic mass is 79.9. The molecule has 0 saturated heterocycles. The van der Waals surface area contributed by atoms with Crippen LogP contribution >= 0.6 is 15.9 Å². The van der Waals surface area contributed by atoms with Crippen LogP contribution in [0, 0.1) is 24.1 Å². The van der Waals surface area contributed by atoms with Gasteiger partial charge < -0.3 is 0 Å². The molecule has 3 nitrogen and oxygen atoms in total. The van der Waals surface area contributed by atoms with E-state index in [1.165, 1.54) is 6.07 Å². The van der Waals surface area contributed by atoms with Gasteiger partial charge in [0.05, 0.1) is 18.2 Å². The van der Waals surface area contributed by atoms with Crippen LogP contribution in [0.5, 0.6) is 0 Å². The van der Waals surface area contributed by atoms with E-state index in [0.717, 1.165) is 4.47 Å². The van der Waals surface area contributed by atoms with Gasteiger partial charge in [0.25, 0.3) is 0 Å². The molecule has 5 heteroatoms. The Balaban J connectivity index is 2.56. The molecule has 1 aromatic heterocycles. The van der Waals surface area contributed by atoms with Crippen molar-refractivity contribution < 1.29 is 4.39 Å². The number of hydrogen-bond donors (Lipinski definition) is 0. The molecule has 0 radical (unpaired) electrons. The Morgan fingerprint density at radius 1 is 1.33 bits per heavy atom. The van der Waals surface area contributed by atoms with E-state index in [1.807, 2.05) is 6.07 Å². The smallest absolute Gasteiger partial charge is 0.143 e. The minimum absolute atomic E-state index is 0.115. The normalized spacial score (nSPS) is 10.1. The van der Waals surface area contributed by atoms with Crippen LogP contribution in [0.1, 0.15) is 11.5 Å². The molecular weight excluding hydrogens is 297 g/mol. The Bertz CT molecular complexity index is 635. The number of nitrogens with zero attached hydrogens (tertiary/aromatic N) is 3. The SMILES string of the molecule is Cc1cc(-c2cc(Br)ccc2F)nc(CC#N)n1. The molecule has 0 fully saturated rings. The van der Waals surface area contributed by atoms with Gasteiger partial charge >= 0.3 is 0 Å². The summed E-state index contributed by atoms with van der Waals surface area (Å²) in [5.41, 5.74) is 1.60. The second kappa shape index (κ2) is 5.23. The quantitative estimate of drug-likeness (QED) is 0.854. The van der Waals surface area contributed by atoms with Crippen molar-refractivity contribution in [2.45, 2.75) is 13.3 Å². The lowest BCUT2D eigenvalue weighted by Crippen LogP contribution is -1.99. The summed E-state index contributed by atoms with van der Waals surface area (Å²) in [5, 5.41) is 8.66. The number of nitriles is 1. The maximum absolute atomic E-state index is 13.8. The van der Waals surface area contributed by atoms with Gasteiger partial charge in [-0.15, -0.1) is 0 Å². The number of aromatic nitrogens is 2. The molecule has 0 spiro atoms. The Labute approximate surface area is 112 Å². The first kappa shape index (κ1) is 12.7. The average Bonchev–Trinajstić information content (AvgIpc) is 2.32. The van der Waals surface area contributed by atoms with Crippen LogP contribution in [0.3, 0.4) is 0 Å². The molecule has 18 heavy (non-hydrogen) atoms. The molecule has 1 aromatic carbocycles. The van der Waals surface area contributed by atoms with Gasteiger partial charge in [0.2, 0.25) is 0 Å². The fourth-order valence-electron chi connectivity index (χ4n) is 1.61. The average molecular weight is 306 g/mol. The van der Waals surface area contributed by atoms with Gasteiger partial charge in [0, 0.05) is 15.7 Å². The van der Waals surface area contributed by atoms with Crippen molar-refractivity contribution in [1.82, 2.24) is 9.97 Å². The van der Waals surface area contributed by atoms with E-state index in [2.05, 4.69) is 25.9 Å². The molecule has 2 aromatic rings. The van der Waals surface area contributed by atoms with E-state index in [0.29, 0.717) is 22.8 Å². The summed E-state index contributed by atoms with van der Waals surface area (Å²) >= 11 is 3.30. The van der Waals surface area contributed by atoms with Crippen LogP contribution in [0.2, 0.25) is 0 Å². The molecule has 0 aliphatic heterocycles. The third-order valence-corrected chi connectivity index (χ3v) is 2.84. The summed E-state index contributed by atoms with van der Waals surface area (Å²) < 4.78 is 14.5. The summed E-state index contributed by atoms with van der Waals surface area (Å²) in [6.07, 6.45) is 0.115. The van der Waals surface area contributed by atoms with Gasteiger partial charge in [-0.2, -0.15) is 5.26 Å². The van der Waals surface area contributed by atoms with Gasteiger partial charge in [0.1, 0.15) is 11.6 Å². The van der Waals surface area contributed by atoms with Crippen molar-refractivity contribution >= 4 is 15.9 Å². The van der Waals surface area contributed by atoms with Crippen molar-refractivity contribution in [2.24, 2.45) is 0 Å². The predicted octanol–water partition coefficient (Wildman–Crippen LogP) is 3.42. The molecule has 0 aliphatic rings. The summed E-state index contributed by atoms with van der Waals surface area (Å²) in [6, 6.07) is 8.35. The third kappa shape index (κ3) is 2.71. The molecule has 0 atom stereocenters. The standard InChI is InChI=1S/C13H9BrFN3/c1-8-6-12(18-13(17-8)4-5-16)10-7-9(14)2-3-11(10)15/h2-3,6-7H,4H2,1H3. The van der Waals surface area contributed by atoms with Crippen molar-refractivity contribution in [3.63, 3.8) is 0 Å². The second-order valence-electron chi connectivity index (χ2n) is 3.77. The van der Waals surface area contributed by atoms with Crippen LogP contribution in [-0.4, -0.2) is 9.97 Å². The Morgan fingerprint density at radius 3 is 2.83 bits per heavy atom. The fourth-order valence-corrected chi connectivity index (χ4v) is 1.97. The molecule has 0 aliphatic carbocycles. The van der Waals surface area contributed by atoms with E-state index < -0.39 is 0 Å². The number of hydrogen-bond acceptors (Lipinski definition) is 3. The lowest BCUT2D eigenvalue weighted by Gasteiger charge is -2.06. The minimum atomic E-state index is -0.348. The largest absolute Gasteiger partial charge is 0.237 e. The van der Waals surface area contributed by atoms with E-state index in [4.69, 9.17) is 5.26 Å². The molecule has 0 N–H and O–H groups in total. The van der Waals surface area contributed by atoms with Gasteiger partial charge in [-0.3, -0.25) is 0 Å². The van der Waals surface area contributed by atoms with Crippen LogP contribution < -0.4 is 0 Å². The van der Waals surface area contributed by atoms with E-state index >= 15 is 0 Å². The van der Waals surface area contributed by atoms with E-state index in [9.17, 15) is 4.39 Å². The molecule has 90 valence electrons. The minimum Gasteiger partial charge on any atom is -0.237 e. The monoisotopic (exact) mass is 305 g/mol. The Kier molecular flexibility index (Phi) is 3.68. The lowest BCUT2D eigenvalue weighted by atomic mass is 10.1. The molecule has 2 rings (SSSR count). The Hall–Kier alpha value is -1.80. The summed E-state index contributed by atoms with van der Waals surface area (Å²) in [5.74, 6) is 0.0612. The van der Waals surface area contributed by atoms with Crippen LogP contribution in [-0.2, 0) is 6.42 Å². The first-order chi connectivity index (χ1) is 8.60. The maximum atomic E-state index is 13.8. The number of aryl methyl sites for hydroxylation is 1. The van der Waals surface area contributed by atoms with Gasteiger partial charge in [-0.1, -0.05) is 15.9 Å². The zero-order valence-corrected chi connectivity index (χ0v) is 11.2. The van der Waals surface area contributed by atoms with E-state index in [-0.39, 0.29) is 12.2 Å². The van der Waals surface area contributed by atoms with Gasteiger partial charge in [-0.05, 0) is 31.2 Å². The highest BCUT2D eigenvalue weighted by Gasteiger charge is 2.09. The summed E-state index contributed by atoms with van der Waals surface area (Å²) in [7, 11) is 0. The maximum Gasteiger partial charge on any atom is 0.143 e. The van der Waals surface area contributed by atoms with E-state index in [1.54, 1.807) is 25.1 Å². The molecule has 0 saturated carbocycles. The van der Waals surface area contributed by atoms with Crippen molar-refractivity contribution in [2.75, 3.05) is 0 Å². The van der Waals surface area contributed by atoms with Gasteiger partial charge in [0.15, 0.2) is 0 Å². The Morgan fingerprint density at radius 2 is 2.11 bits per heavy atom. The highest BCUT2D eigenvalue weighted by Crippen LogP contribution is 2.25. The fraction of sp³-hybridized carbons (Fsp3) is 0.154. The third-order valence-electron chi connectivity index (χ3n) is 2.34. The zero-order valence-electron chi connectivity index (χ0n) is 9.61. The first-order valence-electron chi connectivity index (χ1n) is 5.27. The van der Waals surface area contributed by atoms with Crippen LogP contribution in [0.15, 0.2) is 28.7 Å². The summed E-state index contributed by atoms with van der Waals surface area (Å²) in [6.45, 7) is 1.79. The zero-order chi connectivity index (χ0) is 13.1. The number of halogens is 2. The van der Waals surface area contributed by atoms with Crippen LogP contribution in [0.4, 0.5) is 4.39 Å². The summed E-state index contributed by atoms with van der Waals surface area (Å²) in [4.78, 5) is 8.33. The van der Waals surface area contributed by atoms with Crippen molar-refractivity contribution in [3.8, 4) is 17.3 Å².